The molecule has 0 unspecified atom stereocenters. The second-order valence-electron chi connectivity index (χ2n) is 5.61. The van der Waals surface area contributed by atoms with E-state index in [-0.39, 0.29) is 5.91 Å². The molecule has 0 radical (unpaired) electrons. The molecule has 0 atom stereocenters. The maximum Gasteiger partial charge on any atom is 0.224 e. The number of carbonyl (C=O) groups is 1. The number of hydrogen-bond acceptors (Lipinski definition) is 3. The number of carbonyl (C=O) groups excluding carboxylic acids is 1. The molecule has 0 heterocycles. The van der Waals surface area contributed by atoms with E-state index in [9.17, 15) is 4.79 Å². The van der Waals surface area contributed by atoms with Gasteiger partial charge in [0.1, 0.15) is 11.5 Å². The number of benzene rings is 2. The van der Waals surface area contributed by atoms with Crippen LogP contribution in [-0.2, 0) is 4.79 Å². The van der Waals surface area contributed by atoms with Crippen molar-refractivity contribution in [2.75, 3.05) is 19.0 Å². The van der Waals surface area contributed by atoms with Crippen LogP contribution in [0.25, 0.3) is 0 Å². The van der Waals surface area contributed by atoms with Crippen molar-refractivity contribution >= 4 is 23.2 Å². The molecule has 0 aliphatic heterocycles. The standard InChI is InChI=1S/C19H22ClNO3/c1-13-11-14(2)19(17(20)12-13)21-18(22)5-4-10-24-16-8-6-15(23-3)7-9-16/h6-9,11-12H,4-5,10H2,1-3H3,(H,21,22). The van der Waals surface area contributed by atoms with Gasteiger partial charge in [-0.15, -0.1) is 0 Å². The molecule has 1 N–H and O–H groups in total. The molecule has 0 saturated heterocycles. The third kappa shape index (κ3) is 5.17. The topological polar surface area (TPSA) is 47.6 Å². The summed E-state index contributed by atoms with van der Waals surface area (Å²) in [6.07, 6.45) is 1.00. The van der Waals surface area contributed by atoms with Crippen LogP contribution in [0.5, 0.6) is 11.5 Å². The Kier molecular flexibility index (Phi) is 6.50. The summed E-state index contributed by atoms with van der Waals surface area (Å²) in [4.78, 5) is 12.1. The van der Waals surface area contributed by atoms with Crippen LogP contribution in [0.3, 0.4) is 0 Å². The summed E-state index contributed by atoms with van der Waals surface area (Å²) in [5.41, 5.74) is 2.72. The average molecular weight is 348 g/mol. The highest BCUT2D eigenvalue weighted by Gasteiger charge is 2.09. The van der Waals surface area contributed by atoms with Gasteiger partial charge in [0.15, 0.2) is 0 Å². The van der Waals surface area contributed by atoms with Crippen molar-refractivity contribution in [3.63, 3.8) is 0 Å². The Morgan fingerprint density at radius 2 is 1.79 bits per heavy atom. The Bertz CT molecular complexity index is 675. The van der Waals surface area contributed by atoms with E-state index in [1.165, 1.54) is 0 Å². The number of hydrogen-bond donors (Lipinski definition) is 1. The molecule has 24 heavy (non-hydrogen) atoms. The summed E-state index contributed by atoms with van der Waals surface area (Å²) < 4.78 is 10.7. The average Bonchev–Trinajstić information content (AvgIpc) is 2.55. The minimum Gasteiger partial charge on any atom is -0.497 e. The first-order valence-electron chi connectivity index (χ1n) is 7.83. The highest BCUT2D eigenvalue weighted by molar-refractivity contribution is 6.34. The van der Waals surface area contributed by atoms with Gasteiger partial charge in [-0.25, -0.2) is 0 Å². The molecule has 1 amide bonds. The van der Waals surface area contributed by atoms with E-state index in [4.69, 9.17) is 21.1 Å². The first kappa shape index (κ1) is 18.1. The van der Waals surface area contributed by atoms with Gasteiger partial charge in [0.2, 0.25) is 5.91 Å². The van der Waals surface area contributed by atoms with Gasteiger partial charge in [-0.2, -0.15) is 0 Å². The van der Waals surface area contributed by atoms with E-state index in [1.54, 1.807) is 7.11 Å². The predicted molar refractivity (Wildman–Crippen MR) is 97.3 cm³/mol. The minimum atomic E-state index is -0.0674. The van der Waals surface area contributed by atoms with E-state index < -0.39 is 0 Å². The Labute approximate surface area is 147 Å². The number of halogens is 1. The summed E-state index contributed by atoms with van der Waals surface area (Å²) in [7, 11) is 1.62. The summed E-state index contributed by atoms with van der Waals surface area (Å²) in [5, 5.41) is 3.44. The Morgan fingerprint density at radius 1 is 1.12 bits per heavy atom. The smallest absolute Gasteiger partial charge is 0.224 e. The lowest BCUT2D eigenvalue weighted by Gasteiger charge is -2.12. The predicted octanol–water partition coefficient (Wildman–Crippen LogP) is 4.76. The van der Waals surface area contributed by atoms with Gasteiger partial charge in [0.25, 0.3) is 0 Å². The largest absolute Gasteiger partial charge is 0.497 e. The number of rotatable bonds is 7. The van der Waals surface area contributed by atoms with Crippen LogP contribution in [0.1, 0.15) is 24.0 Å². The normalized spacial score (nSPS) is 10.3. The zero-order valence-corrected chi connectivity index (χ0v) is 14.9. The van der Waals surface area contributed by atoms with Crippen LogP contribution >= 0.6 is 11.6 Å². The molecule has 0 aromatic heterocycles. The zero-order valence-electron chi connectivity index (χ0n) is 14.2. The molecule has 5 heteroatoms. The molecular weight excluding hydrogens is 326 g/mol. The first-order valence-corrected chi connectivity index (χ1v) is 8.21. The molecule has 2 rings (SSSR count). The first-order chi connectivity index (χ1) is 11.5. The van der Waals surface area contributed by atoms with Crippen molar-refractivity contribution in [2.24, 2.45) is 0 Å². The van der Waals surface area contributed by atoms with Gasteiger partial charge in [0, 0.05) is 6.42 Å². The third-order valence-electron chi connectivity index (χ3n) is 3.57. The lowest BCUT2D eigenvalue weighted by atomic mass is 10.1. The van der Waals surface area contributed by atoms with Crippen LogP contribution in [0.4, 0.5) is 5.69 Å². The van der Waals surface area contributed by atoms with Gasteiger partial charge >= 0.3 is 0 Å². The van der Waals surface area contributed by atoms with Crippen molar-refractivity contribution in [2.45, 2.75) is 26.7 Å². The highest BCUT2D eigenvalue weighted by atomic mass is 35.5. The third-order valence-corrected chi connectivity index (χ3v) is 3.87. The summed E-state index contributed by atoms with van der Waals surface area (Å²) in [6, 6.07) is 11.2. The molecule has 2 aromatic carbocycles. The monoisotopic (exact) mass is 347 g/mol. The summed E-state index contributed by atoms with van der Waals surface area (Å²) >= 11 is 6.20. The van der Waals surface area contributed by atoms with Crippen LogP contribution < -0.4 is 14.8 Å². The fraction of sp³-hybridized carbons (Fsp3) is 0.316. The molecule has 0 fully saturated rings. The van der Waals surface area contributed by atoms with Crippen molar-refractivity contribution < 1.29 is 14.3 Å². The fourth-order valence-electron chi connectivity index (χ4n) is 2.37. The molecule has 0 spiro atoms. The number of amides is 1. The molecule has 2 aromatic rings. The van der Waals surface area contributed by atoms with Gasteiger partial charge in [0.05, 0.1) is 24.4 Å². The molecular formula is C19H22ClNO3. The summed E-state index contributed by atoms with van der Waals surface area (Å²) in [6.45, 7) is 4.38. The van der Waals surface area contributed by atoms with Gasteiger partial charge in [-0.3, -0.25) is 4.79 Å². The number of ether oxygens (including phenoxy) is 2. The van der Waals surface area contributed by atoms with Crippen molar-refractivity contribution in [3.8, 4) is 11.5 Å². The van der Waals surface area contributed by atoms with Gasteiger partial charge in [-0.1, -0.05) is 17.7 Å². The molecule has 128 valence electrons. The number of methoxy groups -OCH3 is 1. The molecule has 0 aliphatic carbocycles. The molecule has 0 bridgehead atoms. The molecule has 4 nitrogen and oxygen atoms in total. The quantitative estimate of drug-likeness (QED) is 0.734. The molecule has 0 aliphatic rings. The van der Waals surface area contributed by atoms with Crippen LogP contribution in [0.15, 0.2) is 36.4 Å². The fourth-order valence-corrected chi connectivity index (χ4v) is 2.74. The highest BCUT2D eigenvalue weighted by Crippen LogP contribution is 2.27. The van der Waals surface area contributed by atoms with E-state index in [0.717, 1.165) is 22.6 Å². The minimum absolute atomic E-state index is 0.0674. The number of nitrogens with one attached hydrogen (secondary N) is 1. The molecule has 0 saturated carbocycles. The Morgan fingerprint density at radius 3 is 2.42 bits per heavy atom. The van der Waals surface area contributed by atoms with Crippen molar-refractivity contribution in [1.29, 1.82) is 0 Å². The zero-order chi connectivity index (χ0) is 17.5. The SMILES string of the molecule is COc1ccc(OCCCC(=O)Nc2c(C)cc(C)cc2Cl)cc1. The van der Waals surface area contributed by atoms with E-state index >= 15 is 0 Å². The maximum absolute atomic E-state index is 12.1. The van der Waals surface area contributed by atoms with Crippen LogP contribution in [0, 0.1) is 13.8 Å². The lowest BCUT2D eigenvalue weighted by molar-refractivity contribution is -0.116. The van der Waals surface area contributed by atoms with Crippen LogP contribution in [-0.4, -0.2) is 19.6 Å². The van der Waals surface area contributed by atoms with E-state index in [1.807, 2.05) is 50.2 Å². The van der Waals surface area contributed by atoms with Gasteiger partial charge in [-0.05, 0) is 61.7 Å². The Hall–Kier alpha value is -2.20. The van der Waals surface area contributed by atoms with Crippen molar-refractivity contribution in [1.82, 2.24) is 0 Å². The lowest BCUT2D eigenvalue weighted by Crippen LogP contribution is -2.14. The number of aryl methyl sites for hydroxylation is 2. The van der Waals surface area contributed by atoms with Gasteiger partial charge < -0.3 is 14.8 Å². The summed E-state index contributed by atoms with van der Waals surface area (Å²) in [5.74, 6) is 1.47. The Balaban J connectivity index is 1.77. The van der Waals surface area contributed by atoms with Crippen LogP contribution in [0.2, 0.25) is 5.02 Å². The number of anilines is 1. The second-order valence-corrected chi connectivity index (χ2v) is 6.02. The van der Waals surface area contributed by atoms with E-state index in [0.29, 0.717) is 30.2 Å². The van der Waals surface area contributed by atoms with E-state index in [2.05, 4.69) is 5.32 Å². The maximum atomic E-state index is 12.1. The second kappa shape index (κ2) is 8.60. The van der Waals surface area contributed by atoms with Crippen molar-refractivity contribution in [3.05, 3.63) is 52.5 Å².